The molecular weight excluding hydrogens is 504 g/mol. The number of anilines is 3. The normalized spacial score (nSPS) is 16.7. The average Bonchev–Trinajstić information content (AvgIpc) is 3.72. The Balaban J connectivity index is 1.13. The quantitative estimate of drug-likeness (QED) is 0.237. The van der Waals surface area contributed by atoms with Crippen LogP contribution >= 0.6 is 0 Å². The Labute approximate surface area is 232 Å². The number of oxazole rings is 1. The zero-order chi connectivity index (χ0) is 27.1. The highest BCUT2D eigenvalue weighted by molar-refractivity contribution is 5.98. The average molecular weight is 539 g/mol. The third-order valence-electron chi connectivity index (χ3n) is 8.13. The van der Waals surface area contributed by atoms with E-state index in [1.807, 2.05) is 48.0 Å². The summed E-state index contributed by atoms with van der Waals surface area (Å²) in [4.78, 5) is 13.5. The first-order valence-electron chi connectivity index (χ1n) is 14.2. The number of nitrogen functional groups attached to an aromatic ring is 1. The SMILES string of the molecule is Cc1cc(OCC2CCNCC2)c2oc(Nc3ccc(-c4nn(C5CCCC5)c5ncnc(N)c45)cc3)nc2c1. The highest BCUT2D eigenvalue weighted by Crippen LogP contribution is 2.37. The van der Waals surface area contributed by atoms with Gasteiger partial charge in [0.1, 0.15) is 23.4 Å². The van der Waals surface area contributed by atoms with E-state index in [2.05, 4.69) is 25.6 Å². The molecule has 2 aromatic carbocycles. The van der Waals surface area contributed by atoms with Crippen LogP contribution in [0.25, 0.3) is 33.4 Å². The van der Waals surface area contributed by atoms with E-state index in [1.165, 1.54) is 19.2 Å². The molecule has 5 aromatic rings. The van der Waals surface area contributed by atoms with Gasteiger partial charge in [-0.2, -0.15) is 10.1 Å². The van der Waals surface area contributed by atoms with Crippen molar-refractivity contribution >= 4 is 39.7 Å². The number of piperidine rings is 1. The third-order valence-corrected chi connectivity index (χ3v) is 8.13. The van der Waals surface area contributed by atoms with Crippen molar-refractivity contribution in [2.24, 2.45) is 5.92 Å². The van der Waals surface area contributed by atoms with Gasteiger partial charge in [0.2, 0.25) is 0 Å². The largest absolute Gasteiger partial charge is 0.489 e. The standard InChI is InChI=1S/C30H34N8O2/c1-18-14-23-27(24(15-18)39-16-19-10-12-32-13-11-19)40-30(36-23)35-21-8-6-20(7-9-21)26-25-28(31)33-17-34-29(25)38(37-26)22-4-2-3-5-22/h6-9,14-15,17,19,22,32H,2-5,10-13,16H2,1H3,(H,35,36)(H2,31,33,34). The van der Waals surface area contributed by atoms with Crippen molar-refractivity contribution in [3.8, 4) is 17.0 Å². The fourth-order valence-electron chi connectivity index (χ4n) is 5.99. The molecule has 10 heteroatoms. The summed E-state index contributed by atoms with van der Waals surface area (Å²) < 4.78 is 14.4. The zero-order valence-electron chi connectivity index (χ0n) is 22.7. The number of rotatable bonds is 7. The summed E-state index contributed by atoms with van der Waals surface area (Å²) in [5.41, 5.74) is 12.3. The lowest BCUT2D eigenvalue weighted by molar-refractivity contribution is 0.215. The van der Waals surface area contributed by atoms with Crippen LogP contribution in [0.15, 0.2) is 47.1 Å². The van der Waals surface area contributed by atoms with E-state index in [0.717, 1.165) is 83.6 Å². The number of nitrogens with one attached hydrogen (secondary N) is 2. The minimum atomic E-state index is 0.350. The molecule has 206 valence electrons. The molecule has 1 saturated heterocycles. The molecule has 0 spiro atoms. The zero-order valence-corrected chi connectivity index (χ0v) is 22.7. The van der Waals surface area contributed by atoms with Gasteiger partial charge >= 0.3 is 0 Å². The summed E-state index contributed by atoms with van der Waals surface area (Å²) in [7, 11) is 0. The van der Waals surface area contributed by atoms with Crippen molar-refractivity contribution in [1.82, 2.24) is 30.0 Å². The van der Waals surface area contributed by atoms with Gasteiger partial charge in [-0.05, 0) is 81.4 Å². The van der Waals surface area contributed by atoms with E-state index in [1.54, 1.807) is 0 Å². The number of nitrogens with zero attached hydrogens (tertiary/aromatic N) is 5. The van der Waals surface area contributed by atoms with E-state index < -0.39 is 0 Å². The van der Waals surface area contributed by atoms with Crippen LogP contribution < -0.4 is 21.1 Å². The molecule has 2 fully saturated rings. The Morgan fingerprint density at radius 2 is 1.88 bits per heavy atom. The monoisotopic (exact) mass is 538 g/mol. The number of fused-ring (bicyclic) bond motifs is 2. The fraction of sp³-hybridized carbons (Fsp3) is 0.400. The number of hydrogen-bond donors (Lipinski definition) is 3. The maximum atomic E-state index is 6.31. The highest BCUT2D eigenvalue weighted by Gasteiger charge is 2.24. The Morgan fingerprint density at radius 3 is 2.67 bits per heavy atom. The number of hydrogen-bond acceptors (Lipinski definition) is 9. The van der Waals surface area contributed by atoms with Gasteiger partial charge in [-0.15, -0.1) is 0 Å². The molecule has 0 radical (unpaired) electrons. The van der Waals surface area contributed by atoms with Gasteiger partial charge in [0.05, 0.1) is 18.0 Å². The molecular formula is C30H34N8O2. The third kappa shape index (κ3) is 4.72. The summed E-state index contributed by atoms with van der Waals surface area (Å²) in [6.07, 6.45) is 8.42. The predicted molar refractivity (Wildman–Crippen MR) is 156 cm³/mol. The summed E-state index contributed by atoms with van der Waals surface area (Å²) >= 11 is 0. The van der Waals surface area contributed by atoms with Crippen molar-refractivity contribution in [2.45, 2.75) is 51.5 Å². The van der Waals surface area contributed by atoms with Crippen molar-refractivity contribution in [3.63, 3.8) is 0 Å². The molecule has 1 saturated carbocycles. The van der Waals surface area contributed by atoms with Gasteiger partial charge in [-0.25, -0.2) is 14.6 Å². The number of aryl methyl sites for hydroxylation is 1. The lowest BCUT2D eigenvalue weighted by atomic mass is 9.99. The number of benzene rings is 2. The summed E-state index contributed by atoms with van der Waals surface area (Å²) in [6, 6.07) is 12.8. The molecule has 1 aliphatic heterocycles. The molecule has 0 bridgehead atoms. The molecule has 2 aliphatic rings. The molecule has 7 rings (SSSR count). The lowest BCUT2D eigenvalue weighted by Crippen LogP contribution is -2.30. The van der Waals surface area contributed by atoms with Crippen molar-refractivity contribution in [3.05, 3.63) is 48.3 Å². The van der Waals surface area contributed by atoms with Gasteiger partial charge in [-0.1, -0.05) is 25.0 Å². The van der Waals surface area contributed by atoms with E-state index in [0.29, 0.717) is 36.0 Å². The summed E-state index contributed by atoms with van der Waals surface area (Å²) in [5.74, 6) is 1.75. The Morgan fingerprint density at radius 1 is 1.07 bits per heavy atom. The minimum absolute atomic E-state index is 0.350. The van der Waals surface area contributed by atoms with Crippen LogP contribution in [0.5, 0.6) is 5.75 Å². The maximum Gasteiger partial charge on any atom is 0.300 e. The molecule has 10 nitrogen and oxygen atoms in total. The van der Waals surface area contributed by atoms with Crippen LogP contribution in [0, 0.1) is 12.8 Å². The van der Waals surface area contributed by atoms with Gasteiger partial charge in [0, 0.05) is 11.3 Å². The van der Waals surface area contributed by atoms with Gasteiger partial charge in [0.25, 0.3) is 6.01 Å². The second-order valence-electron chi connectivity index (χ2n) is 11.0. The van der Waals surface area contributed by atoms with Gasteiger partial charge in [-0.3, -0.25) is 0 Å². The van der Waals surface area contributed by atoms with Crippen LogP contribution in [0.2, 0.25) is 0 Å². The molecule has 0 unspecified atom stereocenters. The maximum absolute atomic E-state index is 6.31. The number of nitrogens with two attached hydrogens (primary N) is 1. The second-order valence-corrected chi connectivity index (χ2v) is 11.0. The first kappa shape index (κ1) is 24.8. The van der Waals surface area contributed by atoms with Crippen LogP contribution in [0.3, 0.4) is 0 Å². The number of aromatic nitrogens is 5. The van der Waals surface area contributed by atoms with Gasteiger partial charge < -0.3 is 25.5 Å². The number of ether oxygens (including phenoxy) is 1. The molecule has 1 aliphatic carbocycles. The molecule has 0 amide bonds. The van der Waals surface area contributed by atoms with Crippen molar-refractivity contribution < 1.29 is 9.15 Å². The fourth-order valence-corrected chi connectivity index (χ4v) is 5.99. The molecule has 4 heterocycles. The molecule has 40 heavy (non-hydrogen) atoms. The van der Waals surface area contributed by atoms with Gasteiger partial charge in [0.15, 0.2) is 17.0 Å². The predicted octanol–water partition coefficient (Wildman–Crippen LogP) is 5.76. The second kappa shape index (κ2) is 10.4. The summed E-state index contributed by atoms with van der Waals surface area (Å²) in [5, 5.41) is 12.5. The highest BCUT2D eigenvalue weighted by atomic mass is 16.5. The first-order valence-corrected chi connectivity index (χ1v) is 14.2. The minimum Gasteiger partial charge on any atom is -0.489 e. The first-order chi connectivity index (χ1) is 19.6. The van der Waals surface area contributed by atoms with Crippen LogP contribution in [-0.2, 0) is 0 Å². The molecule has 0 atom stereocenters. The Kier molecular flexibility index (Phi) is 6.47. The summed E-state index contributed by atoms with van der Waals surface area (Å²) in [6.45, 7) is 4.83. The Bertz CT molecular complexity index is 1650. The van der Waals surface area contributed by atoms with E-state index in [-0.39, 0.29) is 0 Å². The van der Waals surface area contributed by atoms with Crippen LogP contribution in [0.4, 0.5) is 17.5 Å². The van der Waals surface area contributed by atoms with E-state index >= 15 is 0 Å². The van der Waals surface area contributed by atoms with Crippen molar-refractivity contribution in [2.75, 3.05) is 30.7 Å². The molecule has 4 N–H and O–H groups in total. The van der Waals surface area contributed by atoms with Crippen LogP contribution in [0.1, 0.15) is 50.1 Å². The van der Waals surface area contributed by atoms with Crippen molar-refractivity contribution in [1.29, 1.82) is 0 Å². The smallest absolute Gasteiger partial charge is 0.300 e. The van der Waals surface area contributed by atoms with E-state index in [4.69, 9.17) is 20.0 Å². The lowest BCUT2D eigenvalue weighted by Gasteiger charge is -2.22. The van der Waals surface area contributed by atoms with E-state index in [9.17, 15) is 0 Å². The van der Waals surface area contributed by atoms with Crippen LogP contribution in [-0.4, -0.2) is 44.4 Å². The topological polar surface area (TPSA) is 129 Å². The molecule has 3 aromatic heterocycles. The Hall–Kier alpha value is -4.18.